The van der Waals surface area contributed by atoms with Crippen LogP contribution in [0, 0.1) is 0 Å². The fraction of sp³-hybridized carbons (Fsp3) is 0.833. The minimum absolute atomic E-state index is 0.0559. The van der Waals surface area contributed by atoms with E-state index in [1.807, 2.05) is 12.1 Å². The lowest BCUT2D eigenvalue weighted by molar-refractivity contribution is 0.220. The highest BCUT2D eigenvalue weighted by Crippen LogP contribution is 2.39. The molecule has 0 saturated carbocycles. The molecule has 176 valence electrons. The molecule has 0 fully saturated rings. The Hall–Kier alpha value is -0.450. The van der Waals surface area contributed by atoms with E-state index in [0.29, 0.717) is 14.6 Å². The fourth-order valence-electron chi connectivity index (χ4n) is 3.56. The summed E-state index contributed by atoms with van der Waals surface area (Å²) in [5.41, 5.74) is 0. The van der Waals surface area contributed by atoms with E-state index >= 15 is 0 Å². The maximum Gasteiger partial charge on any atom is 0.129 e. The van der Waals surface area contributed by atoms with Gasteiger partial charge in [0.05, 0.1) is 6.61 Å². The van der Waals surface area contributed by atoms with Crippen LogP contribution in [0.2, 0.25) is 0 Å². The van der Waals surface area contributed by atoms with E-state index in [1.165, 1.54) is 57.8 Å². The van der Waals surface area contributed by atoms with Crippen molar-refractivity contribution in [1.82, 2.24) is 9.80 Å². The summed E-state index contributed by atoms with van der Waals surface area (Å²) in [7, 11) is 6.70. The van der Waals surface area contributed by atoms with Gasteiger partial charge in [-0.2, -0.15) is 0 Å². The van der Waals surface area contributed by atoms with Crippen LogP contribution in [-0.2, 0) is 11.1 Å². The van der Waals surface area contributed by atoms with E-state index < -0.39 is 0 Å². The fourth-order valence-corrected chi connectivity index (χ4v) is 4.56. The van der Waals surface area contributed by atoms with Gasteiger partial charge in [-0.3, -0.25) is 4.90 Å². The molecule has 0 bridgehead atoms. The van der Waals surface area contributed by atoms with Gasteiger partial charge in [0.25, 0.3) is 0 Å². The van der Waals surface area contributed by atoms with Crippen molar-refractivity contribution in [1.29, 1.82) is 0 Å². The van der Waals surface area contributed by atoms with Gasteiger partial charge >= 0.3 is 0 Å². The topological polar surface area (TPSA) is 49.1 Å². The summed E-state index contributed by atoms with van der Waals surface area (Å²) >= 11 is 0. The molecule has 0 spiro atoms. The number of rotatable bonds is 20. The minimum atomic E-state index is -0.0559. The van der Waals surface area contributed by atoms with Crippen molar-refractivity contribution in [2.45, 2.75) is 89.9 Å². The summed E-state index contributed by atoms with van der Waals surface area (Å²) in [5, 5.41) is 9.32. The summed E-state index contributed by atoms with van der Waals surface area (Å²) in [6.45, 7) is 5.10. The number of unbranched alkanes of at least 4 members (excludes halogenated alkanes) is 9. The lowest BCUT2D eigenvalue weighted by Crippen LogP contribution is -2.26. The molecule has 1 aromatic rings. The van der Waals surface area contributed by atoms with Crippen LogP contribution in [0.15, 0.2) is 16.5 Å². The van der Waals surface area contributed by atoms with Gasteiger partial charge in [-0.15, -0.1) is 0 Å². The van der Waals surface area contributed by atoms with Crippen LogP contribution in [0.3, 0.4) is 0 Å². The Labute approximate surface area is 187 Å². The van der Waals surface area contributed by atoms with Crippen LogP contribution in [0.1, 0.15) is 94.9 Å². The number of aliphatic hydroxyl groups excluding tert-OH is 1. The molecule has 5 nitrogen and oxygen atoms in total. The first-order valence-electron chi connectivity index (χ1n) is 12.0. The molecule has 0 aliphatic heterocycles. The second-order valence-electron chi connectivity index (χ2n) is 8.65. The number of nitrogens with zero attached hydrogens (tertiary/aromatic N) is 2. The average Bonchev–Trinajstić information content (AvgIpc) is 3.20. The van der Waals surface area contributed by atoms with Crippen LogP contribution in [0.5, 0.6) is 0 Å². The minimum Gasteiger partial charge on any atom is -0.461 e. The van der Waals surface area contributed by atoms with E-state index in [-0.39, 0.29) is 12.4 Å². The second-order valence-corrected chi connectivity index (χ2v) is 9.72. The van der Waals surface area contributed by atoms with E-state index in [1.54, 1.807) is 0 Å². The van der Waals surface area contributed by atoms with Crippen molar-refractivity contribution in [2.24, 2.45) is 0 Å². The molecule has 0 amide bonds. The summed E-state index contributed by atoms with van der Waals surface area (Å²) in [6, 6.07) is 3.85. The molecule has 1 rings (SSSR count). The molecular weight excluding hydrogens is 395 g/mol. The lowest BCUT2D eigenvalue weighted by atomic mass is 10.1. The van der Waals surface area contributed by atoms with E-state index in [2.05, 4.69) is 37.9 Å². The summed E-state index contributed by atoms with van der Waals surface area (Å²) in [5.74, 6) is 1.64. The maximum absolute atomic E-state index is 9.32. The smallest absolute Gasteiger partial charge is 0.129 e. The Morgan fingerprint density at radius 3 is 2.10 bits per heavy atom. The molecule has 1 N–H and O–H groups in total. The van der Waals surface area contributed by atoms with Crippen LogP contribution < -0.4 is 0 Å². The van der Waals surface area contributed by atoms with Crippen LogP contribution in [-0.4, -0.2) is 55.7 Å². The van der Waals surface area contributed by atoms with Crippen molar-refractivity contribution in [2.75, 3.05) is 40.8 Å². The number of hydrogen-bond donors (Lipinski definition) is 1. The Morgan fingerprint density at radius 1 is 0.900 bits per heavy atom. The zero-order valence-corrected chi connectivity index (χ0v) is 21.0. The SMILES string of the molecule is CCCCCCCCCCCCOPC(c1ccc(CO)o1)N(C)CCCN(C)C. The highest BCUT2D eigenvalue weighted by Gasteiger charge is 2.21. The quantitative estimate of drug-likeness (QED) is 0.193. The van der Waals surface area contributed by atoms with Gasteiger partial charge in [0, 0.05) is 15.4 Å². The zero-order chi connectivity index (χ0) is 22.0. The first kappa shape index (κ1) is 27.6. The van der Waals surface area contributed by atoms with Crippen LogP contribution in [0.25, 0.3) is 0 Å². The molecule has 0 aliphatic carbocycles. The van der Waals surface area contributed by atoms with E-state index in [0.717, 1.165) is 38.3 Å². The van der Waals surface area contributed by atoms with Crippen LogP contribution in [0.4, 0.5) is 0 Å². The van der Waals surface area contributed by atoms with Crippen molar-refractivity contribution in [3.63, 3.8) is 0 Å². The van der Waals surface area contributed by atoms with Crippen molar-refractivity contribution < 1.29 is 14.0 Å². The van der Waals surface area contributed by atoms with Gasteiger partial charge in [0.1, 0.15) is 23.9 Å². The van der Waals surface area contributed by atoms with Gasteiger partial charge in [0.15, 0.2) is 0 Å². The predicted octanol–water partition coefficient (Wildman–Crippen LogP) is 6.19. The molecule has 0 radical (unpaired) electrons. The van der Waals surface area contributed by atoms with Gasteiger partial charge < -0.3 is 18.9 Å². The molecule has 0 aliphatic rings. The molecule has 2 atom stereocenters. The zero-order valence-electron chi connectivity index (χ0n) is 20.0. The average molecular weight is 443 g/mol. The maximum atomic E-state index is 9.32. The van der Waals surface area contributed by atoms with E-state index in [4.69, 9.17) is 8.94 Å². The largest absolute Gasteiger partial charge is 0.461 e. The standard InChI is InChI=1S/C24H47N2O3P/c1-5-6-7-8-9-10-11-12-13-14-20-28-30-24(23-17-16-22(21-27)29-23)26(4)19-15-18-25(2)3/h16-17,24,27,30H,5-15,18-21H2,1-4H3. The third-order valence-electron chi connectivity index (χ3n) is 5.46. The first-order valence-corrected chi connectivity index (χ1v) is 13.0. The number of hydrogen-bond acceptors (Lipinski definition) is 5. The Kier molecular flexibility index (Phi) is 16.7. The Balaban J connectivity index is 2.24. The molecule has 30 heavy (non-hydrogen) atoms. The molecule has 6 heteroatoms. The molecule has 2 unspecified atom stereocenters. The number of aliphatic hydroxyl groups is 1. The van der Waals surface area contributed by atoms with E-state index in [9.17, 15) is 5.11 Å². The van der Waals surface area contributed by atoms with Crippen LogP contribution >= 0.6 is 8.81 Å². The Morgan fingerprint density at radius 2 is 1.53 bits per heavy atom. The van der Waals surface area contributed by atoms with Crippen molar-refractivity contribution in [3.8, 4) is 0 Å². The third-order valence-corrected chi connectivity index (χ3v) is 6.78. The number of furan rings is 1. The highest BCUT2D eigenvalue weighted by molar-refractivity contribution is 7.32. The molecule has 1 heterocycles. The third kappa shape index (κ3) is 13.1. The predicted molar refractivity (Wildman–Crippen MR) is 129 cm³/mol. The Bertz CT molecular complexity index is 510. The summed E-state index contributed by atoms with van der Waals surface area (Å²) in [4.78, 5) is 4.53. The summed E-state index contributed by atoms with van der Waals surface area (Å²) < 4.78 is 11.9. The lowest BCUT2D eigenvalue weighted by Gasteiger charge is -2.26. The second kappa shape index (κ2) is 18.2. The first-order chi connectivity index (χ1) is 14.6. The van der Waals surface area contributed by atoms with Crippen molar-refractivity contribution >= 4 is 8.81 Å². The monoisotopic (exact) mass is 442 g/mol. The molecule has 1 aromatic heterocycles. The molecule has 0 aromatic carbocycles. The van der Waals surface area contributed by atoms with Gasteiger partial charge in [-0.05, 0) is 52.7 Å². The molecular formula is C24H47N2O3P. The molecule has 0 saturated heterocycles. The summed E-state index contributed by atoms with van der Waals surface area (Å²) in [6.07, 6.45) is 14.5. The normalized spacial score (nSPS) is 13.3. The van der Waals surface area contributed by atoms with Gasteiger partial charge in [-0.25, -0.2) is 0 Å². The van der Waals surface area contributed by atoms with Crippen molar-refractivity contribution in [3.05, 3.63) is 23.7 Å². The van der Waals surface area contributed by atoms with Gasteiger partial charge in [0.2, 0.25) is 0 Å². The highest BCUT2D eigenvalue weighted by atomic mass is 31.1. The van der Waals surface area contributed by atoms with Gasteiger partial charge in [-0.1, -0.05) is 64.7 Å².